The first-order valence-corrected chi connectivity index (χ1v) is 8.94. The highest BCUT2D eigenvalue weighted by molar-refractivity contribution is 6.03. The molecule has 0 radical (unpaired) electrons. The van der Waals surface area contributed by atoms with Crippen molar-refractivity contribution in [1.29, 1.82) is 0 Å². The molecule has 3 aliphatic rings. The lowest BCUT2D eigenvalue weighted by molar-refractivity contribution is -0.156. The van der Waals surface area contributed by atoms with Crippen LogP contribution in [0.5, 0.6) is 0 Å². The Hall–Kier alpha value is -2.14. The molecule has 132 valence electrons. The Morgan fingerprint density at radius 2 is 2.16 bits per heavy atom. The summed E-state index contributed by atoms with van der Waals surface area (Å²) in [7, 11) is 0. The molecular formula is C20H23NO4. The van der Waals surface area contributed by atoms with Gasteiger partial charge in [-0.15, -0.1) is 0 Å². The molecule has 0 saturated carbocycles. The number of hydrogen-bond donors (Lipinski definition) is 0. The summed E-state index contributed by atoms with van der Waals surface area (Å²) in [6.45, 7) is 6.16. The molecule has 3 heterocycles. The number of benzene rings is 1. The first kappa shape index (κ1) is 16.3. The normalized spacial score (nSPS) is 32.6. The van der Waals surface area contributed by atoms with Gasteiger partial charge in [0.25, 0.3) is 0 Å². The van der Waals surface area contributed by atoms with Crippen LogP contribution in [0.25, 0.3) is 0 Å². The summed E-state index contributed by atoms with van der Waals surface area (Å²) in [4.78, 5) is 27.6. The molecule has 1 aromatic rings. The lowest BCUT2D eigenvalue weighted by Gasteiger charge is -2.24. The number of amides is 1. The summed E-state index contributed by atoms with van der Waals surface area (Å²) in [5.41, 5.74) is 1.32. The number of para-hydroxylation sites is 1. The Kier molecular flexibility index (Phi) is 3.72. The topological polar surface area (TPSA) is 55.8 Å². The summed E-state index contributed by atoms with van der Waals surface area (Å²) < 4.78 is 11.5. The number of nitrogens with zero attached hydrogens (tertiary/aromatic N) is 1. The van der Waals surface area contributed by atoms with Crippen molar-refractivity contribution in [2.75, 3.05) is 11.4 Å². The maximum Gasteiger partial charge on any atom is 0.313 e. The van der Waals surface area contributed by atoms with Gasteiger partial charge >= 0.3 is 5.97 Å². The van der Waals surface area contributed by atoms with Crippen LogP contribution >= 0.6 is 0 Å². The summed E-state index contributed by atoms with van der Waals surface area (Å²) in [6.07, 6.45) is 4.15. The maximum absolute atomic E-state index is 13.2. The van der Waals surface area contributed by atoms with E-state index in [2.05, 4.69) is 6.92 Å². The van der Waals surface area contributed by atoms with E-state index in [1.807, 2.05) is 50.3 Å². The van der Waals surface area contributed by atoms with Crippen molar-refractivity contribution in [3.63, 3.8) is 0 Å². The Bertz CT molecular complexity index is 756. The summed E-state index contributed by atoms with van der Waals surface area (Å²) >= 11 is 0. The molecule has 1 amide bonds. The fourth-order valence-electron chi connectivity index (χ4n) is 4.36. The third-order valence-corrected chi connectivity index (χ3v) is 5.39. The monoisotopic (exact) mass is 341 g/mol. The van der Waals surface area contributed by atoms with Crippen LogP contribution in [0.1, 0.15) is 26.3 Å². The molecule has 2 fully saturated rings. The quantitative estimate of drug-likeness (QED) is 0.624. The van der Waals surface area contributed by atoms with E-state index in [1.165, 1.54) is 0 Å². The predicted molar refractivity (Wildman–Crippen MR) is 93.1 cm³/mol. The van der Waals surface area contributed by atoms with Crippen molar-refractivity contribution in [1.82, 2.24) is 0 Å². The van der Waals surface area contributed by atoms with Crippen molar-refractivity contribution >= 4 is 17.6 Å². The van der Waals surface area contributed by atoms with E-state index < -0.39 is 17.4 Å². The number of anilines is 1. The van der Waals surface area contributed by atoms with Crippen molar-refractivity contribution in [3.8, 4) is 0 Å². The Labute approximate surface area is 147 Å². The van der Waals surface area contributed by atoms with Crippen LogP contribution in [0.15, 0.2) is 36.4 Å². The molecule has 4 atom stereocenters. The van der Waals surface area contributed by atoms with E-state index in [0.717, 1.165) is 17.7 Å². The van der Waals surface area contributed by atoms with Gasteiger partial charge in [0.15, 0.2) is 0 Å². The highest BCUT2D eigenvalue weighted by Crippen LogP contribution is 2.53. The molecule has 0 unspecified atom stereocenters. The van der Waals surface area contributed by atoms with E-state index in [4.69, 9.17) is 9.47 Å². The molecule has 25 heavy (non-hydrogen) atoms. The fourth-order valence-corrected chi connectivity index (χ4v) is 4.36. The second-order valence-corrected chi connectivity index (χ2v) is 7.29. The Morgan fingerprint density at radius 1 is 1.40 bits per heavy atom. The van der Waals surface area contributed by atoms with Crippen LogP contribution in [-0.4, -0.2) is 36.2 Å². The molecule has 0 N–H and O–H groups in total. The van der Waals surface area contributed by atoms with Crippen LogP contribution in [0.2, 0.25) is 0 Å². The SMILES string of the molecule is CCc1ccccc1N1C[C@]23C=C[C@H](O2)[C@H](C(=O)OC(C)C)[C@@H]3C1=O. The molecule has 2 saturated heterocycles. The van der Waals surface area contributed by atoms with Gasteiger partial charge in [-0.1, -0.05) is 37.3 Å². The van der Waals surface area contributed by atoms with E-state index >= 15 is 0 Å². The lowest BCUT2D eigenvalue weighted by atomic mass is 9.77. The number of esters is 1. The van der Waals surface area contributed by atoms with Crippen LogP contribution in [0.4, 0.5) is 5.69 Å². The third kappa shape index (κ3) is 2.33. The lowest BCUT2D eigenvalue weighted by Crippen LogP contribution is -2.40. The van der Waals surface area contributed by atoms with Crippen LogP contribution < -0.4 is 4.90 Å². The van der Waals surface area contributed by atoms with Crippen molar-refractivity contribution in [3.05, 3.63) is 42.0 Å². The summed E-state index contributed by atoms with van der Waals surface area (Å²) in [6, 6.07) is 7.91. The summed E-state index contributed by atoms with van der Waals surface area (Å²) in [5, 5.41) is 0. The second kappa shape index (κ2) is 5.70. The minimum atomic E-state index is -0.705. The minimum absolute atomic E-state index is 0.0431. The smallest absolute Gasteiger partial charge is 0.313 e. The second-order valence-electron chi connectivity index (χ2n) is 7.29. The molecule has 3 aliphatic heterocycles. The van der Waals surface area contributed by atoms with Crippen molar-refractivity contribution in [2.24, 2.45) is 11.8 Å². The number of aryl methyl sites for hydroxylation is 1. The van der Waals surface area contributed by atoms with E-state index in [1.54, 1.807) is 4.90 Å². The summed E-state index contributed by atoms with van der Waals surface area (Å²) in [5.74, 6) is -1.44. The van der Waals surface area contributed by atoms with E-state index in [9.17, 15) is 9.59 Å². The molecule has 5 heteroatoms. The molecule has 0 aliphatic carbocycles. The zero-order valence-corrected chi connectivity index (χ0v) is 14.8. The standard InChI is InChI=1S/C20H23NO4/c1-4-13-7-5-6-8-14(13)21-11-20-10-9-15(25-20)16(17(20)18(21)22)19(23)24-12(2)3/h5-10,12,15-17H,4,11H2,1-3H3/t15-,16-,17+,20-/m0/s1. The molecule has 1 spiro atoms. The molecule has 1 aromatic carbocycles. The largest absolute Gasteiger partial charge is 0.463 e. The number of rotatable bonds is 4. The molecule has 5 nitrogen and oxygen atoms in total. The first-order chi connectivity index (χ1) is 12.0. The van der Waals surface area contributed by atoms with Gasteiger partial charge in [0.2, 0.25) is 5.91 Å². The van der Waals surface area contributed by atoms with Gasteiger partial charge < -0.3 is 14.4 Å². The number of fused-ring (bicyclic) bond motifs is 1. The fraction of sp³-hybridized carbons (Fsp3) is 0.500. The van der Waals surface area contributed by atoms with Gasteiger partial charge in [-0.2, -0.15) is 0 Å². The van der Waals surface area contributed by atoms with Gasteiger partial charge in [0.05, 0.1) is 24.7 Å². The number of carbonyl (C=O) groups is 2. The molecular weight excluding hydrogens is 318 g/mol. The number of ether oxygens (including phenoxy) is 2. The minimum Gasteiger partial charge on any atom is -0.463 e. The van der Waals surface area contributed by atoms with Gasteiger partial charge in [-0.25, -0.2) is 0 Å². The zero-order chi connectivity index (χ0) is 17.8. The predicted octanol–water partition coefficient (Wildman–Crippen LogP) is 2.49. The Balaban J connectivity index is 1.69. The van der Waals surface area contributed by atoms with E-state index in [0.29, 0.717) is 6.54 Å². The first-order valence-electron chi connectivity index (χ1n) is 8.94. The molecule has 2 bridgehead atoms. The van der Waals surface area contributed by atoms with E-state index in [-0.39, 0.29) is 24.1 Å². The number of hydrogen-bond acceptors (Lipinski definition) is 4. The van der Waals surface area contributed by atoms with Gasteiger partial charge in [0.1, 0.15) is 11.5 Å². The Morgan fingerprint density at radius 3 is 2.88 bits per heavy atom. The zero-order valence-electron chi connectivity index (χ0n) is 14.8. The highest BCUT2D eigenvalue weighted by atomic mass is 16.6. The van der Waals surface area contributed by atoms with Crippen molar-refractivity contribution < 1.29 is 19.1 Å². The van der Waals surface area contributed by atoms with Crippen LogP contribution in [0, 0.1) is 11.8 Å². The average Bonchev–Trinajstić information content (AvgIpc) is 3.22. The van der Waals surface area contributed by atoms with Gasteiger partial charge in [-0.05, 0) is 31.9 Å². The maximum atomic E-state index is 13.2. The molecule has 4 rings (SSSR count). The van der Waals surface area contributed by atoms with Crippen LogP contribution in [-0.2, 0) is 25.5 Å². The molecule has 0 aromatic heterocycles. The van der Waals surface area contributed by atoms with Crippen molar-refractivity contribution in [2.45, 2.75) is 45.0 Å². The number of carbonyl (C=O) groups excluding carboxylic acids is 2. The van der Waals surface area contributed by atoms with Gasteiger partial charge in [0, 0.05) is 5.69 Å². The average molecular weight is 341 g/mol. The third-order valence-electron chi connectivity index (χ3n) is 5.39. The van der Waals surface area contributed by atoms with Crippen LogP contribution in [0.3, 0.4) is 0 Å². The highest BCUT2D eigenvalue weighted by Gasteiger charge is 2.67. The van der Waals surface area contributed by atoms with Gasteiger partial charge in [-0.3, -0.25) is 9.59 Å².